The van der Waals surface area contributed by atoms with Crippen LogP contribution in [0.2, 0.25) is 5.02 Å². The van der Waals surface area contributed by atoms with Gasteiger partial charge in [-0.05, 0) is 71.5 Å². The molecule has 0 bridgehead atoms. The normalized spacial score (nSPS) is 10.2. The summed E-state index contributed by atoms with van der Waals surface area (Å²) in [5.74, 6) is 0. The summed E-state index contributed by atoms with van der Waals surface area (Å²) in [6, 6.07) is 11.2. The predicted octanol–water partition coefficient (Wildman–Crippen LogP) is 4.45. The Morgan fingerprint density at radius 1 is 1.17 bits per heavy atom. The zero-order valence-electron chi connectivity index (χ0n) is 9.63. The summed E-state index contributed by atoms with van der Waals surface area (Å²) < 4.78 is 1.17. The Bertz CT molecular complexity index is 598. The number of nitrogens with one attached hydrogen (secondary N) is 1. The maximum atomic E-state index is 10.9. The van der Waals surface area contributed by atoms with Crippen molar-refractivity contribution in [2.75, 3.05) is 5.32 Å². The highest BCUT2D eigenvalue weighted by Crippen LogP contribution is 2.26. The van der Waals surface area contributed by atoms with Gasteiger partial charge in [-0.15, -0.1) is 0 Å². The summed E-state index contributed by atoms with van der Waals surface area (Å²) in [6.07, 6.45) is 1.89. The lowest BCUT2D eigenvalue weighted by atomic mass is 10.1. The molecule has 0 fully saturated rings. The lowest BCUT2D eigenvalue weighted by molar-refractivity contribution is 0.563. The van der Waals surface area contributed by atoms with E-state index in [0.717, 1.165) is 11.3 Å². The van der Waals surface area contributed by atoms with Gasteiger partial charge in [0.05, 0.1) is 5.56 Å². The van der Waals surface area contributed by atoms with E-state index < -0.39 is 0 Å². The molecule has 2 nitrogen and oxygen atoms in total. The SMILES string of the molecule is Cc1cc(I)ccc1Nc1ccc(Cl)cc1[C]=O. The van der Waals surface area contributed by atoms with Crippen molar-refractivity contribution in [3.63, 3.8) is 0 Å². The van der Waals surface area contributed by atoms with Gasteiger partial charge in [-0.2, -0.15) is 0 Å². The Hall–Kier alpha value is -1.07. The molecule has 0 aliphatic carbocycles. The van der Waals surface area contributed by atoms with Gasteiger partial charge in [0.25, 0.3) is 0 Å². The number of anilines is 2. The summed E-state index contributed by atoms with van der Waals surface area (Å²) in [5, 5.41) is 3.75. The van der Waals surface area contributed by atoms with Crippen LogP contribution in [-0.2, 0) is 4.79 Å². The van der Waals surface area contributed by atoms with Crippen molar-refractivity contribution in [3.05, 3.63) is 56.1 Å². The van der Waals surface area contributed by atoms with E-state index in [4.69, 9.17) is 11.6 Å². The van der Waals surface area contributed by atoms with Crippen molar-refractivity contribution in [3.8, 4) is 0 Å². The molecule has 0 heterocycles. The summed E-state index contributed by atoms with van der Waals surface area (Å²) in [7, 11) is 0. The second-order valence-corrected chi connectivity index (χ2v) is 5.56. The third-order valence-electron chi connectivity index (χ3n) is 2.55. The van der Waals surface area contributed by atoms with E-state index in [1.54, 1.807) is 18.2 Å². The average Bonchev–Trinajstić information content (AvgIpc) is 2.34. The van der Waals surface area contributed by atoms with Crippen LogP contribution in [0.5, 0.6) is 0 Å². The van der Waals surface area contributed by atoms with Crippen LogP contribution in [0.25, 0.3) is 0 Å². The first-order chi connectivity index (χ1) is 8.60. The van der Waals surface area contributed by atoms with E-state index in [0.29, 0.717) is 16.3 Å². The van der Waals surface area contributed by atoms with Gasteiger partial charge in [0.15, 0.2) is 0 Å². The van der Waals surface area contributed by atoms with Crippen LogP contribution in [-0.4, -0.2) is 6.29 Å². The topological polar surface area (TPSA) is 29.1 Å². The summed E-state index contributed by atoms with van der Waals surface area (Å²) in [4.78, 5) is 10.9. The lowest BCUT2D eigenvalue weighted by Crippen LogP contribution is -1.97. The molecule has 0 aliphatic heterocycles. The number of aryl methyl sites for hydroxylation is 1. The number of carbonyl (C=O) groups excluding carboxylic acids is 1. The van der Waals surface area contributed by atoms with Crippen molar-refractivity contribution < 1.29 is 4.79 Å². The van der Waals surface area contributed by atoms with Crippen LogP contribution >= 0.6 is 34.2 Å². The minimum Gasteiger partial charge on any atom is -0.355 e. The molecule has 0 amide bonds. The zero-order chi connectivity index (χ0) is 13.1. The Labute approximate surface area is 124 Å². The number of benzene rings is 2. The lowest BCUT2D eigenvalue weighted by Gasteiger charge is -2.11. The molecule has 2 rings (SSSR count). The molecule has 0 saturated carbocycles. The molecule has 0 atom stereocenters. The van der Waals surface area contributed by atoms with Crippen molar-refractivity contribution in [1.82, 2.24) is 0 Å². The highest BCUT2D eigenvalue weighted by atomic mass is 127. The van der Waals surface area contributed by atoms with Crippen LogP contribution in [0.1, 0.15) is 11.1 Å². The maximum Gasteiger partial charge on any atom is 0.235 e. The smallest absolute Gasteiger partial charge is 0.235 e. The first-order valence-corrected chi connectivity index (χ1v) is 6.76. The molecule has 0 spiro atoms. The molecule has 0 aromatic heterocycles. The molecule has 91 valence electrons. The van der Waals surface area contributed by atoms with E-state index in [1.165, 1.54) is 3.57 Å². The van der Waals surface area contributed by atoms with Crippen LogP contribution in [0.15, 0.2) is 36.4 Å². The molecule has 18 heavy (non-hydrogen) atoms. The summed E-state index contributed by atoms with van der Waals surface area (Å²) >= 11 is 8.11. The van der Waals surface area contributed by atoms with Gasteiger partial charge >= 0.3 is 0 Å². The fourth-order valence-electron chi connectivity index (χ4n) is 1.62. The van der Waals surface area contributed by atoms with E-state index in [9.17, 15) is 4.79 Å². The Kier molecular flexibility index (Phi) is 4.24. The molecule has 2 aromatic rings. The van der Waals surface area contributed by atoms with Gasteiger partial charge in [0.1, 0.15) is 0 Å². The molecule has 2 aromatic carbocycles. The van der Waals surface area contributed by atoms with Gasteiger partial charge in [-0.1, -0.05) is 11.6 Å². The highest BCUT2D eigenvalue weighted by Gasteiger charge is 2.05. The van der Waals surface area contributed by atoms with E-state index in [2.05, 4.69) is 34.0 Å². The van der Waals surface area contributed by atoms with E-state index in [1.807, 2.05) is 25.3 Å². The molecular weight excluding hydrogens is 361 g/mol. The van der Waals surface area contributed by atoms with Gasteiger partial charge < -0.3 is 5.32 Å². The van der Waals surface area contributed by atoms with Crippen molar-refractivity contribution in [2.45, 2.75) is 6.92 Å². The largest absolute Gasteiger partial charge is 0.355 e. The van der Waals surface area contributed by atoms with Crippen LogP contribution in [0.3, 0.4) is 0 Å². The summed E-state index contributed by atoms with van der Waals surface area (Å²) in [5.41, 5.74) is 3.22. The van der Waals surface area contributed by atoms with Gasteiger partial charge in [0, 0.05) is 20.0 Å². The second kappa shape index (κ2) is 5.71. The Morgan fingerprint density at radius 3 is 2.56 bits per heavy atom. The van der Waals surface area contributed by atoms with Gasteiger partial charge in [-0.25, -0.2) is 0 Å². The van der Waals surface area contributed by atoms with Crippen LogP contribution in [0.4, 0.5) is 11.4 Å². The fourth-order valence-corrected chi connectivity index (χ4v) is 2.44. The van der Waals surface area contributed by atoms with Gasteiger partial charge in [0.2, 0.25) is 6.29 Å². The number of hydrogen-bond donors (Lipinski definition) is 1. The number of hydrogen-bond acceptors (Lipinski definition) is 2. The van der Waals surface area contributed by atoms with Gasteiger partial charge in [-0.3, -0.25) is 4.79 Å². The molecule has 4 heteroatoms. The molecular formula is C14H10ClINO. The van der Waals surface area contributed by atoms with Crippen LogP contribution in [0, 0.1) is 10.5 Å². The van der Waals surface area contributed by atoms with Crippen LogP contribution < -0.4 is 5.32 Å². The Balaban J connectivity index is 2.36. The third kappa shape index (κ3) is 3.03. The quantitative estimate of drug-likeness (QED) is 0.809. The molecule has 1 N–H and O–H groups in total. The van der Waals surface area contributed by atoms with Crippen molar-refractivity contribution in [2.24, 2.45) is 0 Å². The predicted molar refractivity (Wildman–Crippen MR) is 83.4 cm³/mol. The minimum atomic E-state index is 0.431. The highest BCUT2D eigenvalue weighted by molar-refractivity contribution is 14.1. The Morgan fingerprint density at radius 2 is 1.89 bits per heavy atom. The second-order valence-electron chi connectivity index (χ2n) is 3.88. The van der Waals surface area contributed by atoms with Crippen molar-refractivity contribution >= 4 is 51.9 Å². The molecule has 1 radical (unpaired) electrons. The first-order valence-electron chi connectivity index (χ1n) is 5.31. The van der Waals surface area contributed by atoms with E-state index >= 15 is 0 Å². The maximum absolute atomic E-state index is 10.9. The molecule has 0 aliphatic rings. The fraction of sp³-hybridized carbons (Fsp3) is 0.0714. The summed E-state index contributed by atoms with van der Waals surface area (Å²) in [6.45, 7) is 2.02. The van der Waals surface area contributed by atoms with Crippen molar-refractivity contribution in [1.29, 1.82) is 0 Å². The third-order valence-corrected chi connectivity index (χ3v) is 3.46. The number of rotatable bonds is 3. The minimum absolute atomic E-state index is 0.431. The standard InChI is InChI=1S/C14H10ClINO/c1-9-6-12(16)3-5-13(9)17-14-4-2-11(15)7-10(14)8-18/h2-7,17H,1H3. The molecule has 0 saturated heterocycles. The van der Waals surface area contributed by atoms with E-state index in [-0.39, 0.29) is 0 Å². The molecule has 0 unspecified atom stereocenters. The number of halogens is 2. The zero-order valence-corrected chi connectivity index (χ0v) is 12.5. The monoisotopic (exact) mass is 370 g/mol. The first kappa shape index (κ1) is 13.4. The average molecular weight is 371 g/mol.